The molecule has 0 aromatic rings. The minimum atomic E-state index is -0.154. The lowest BCUT2D eigenvalue weighted by atomic mass is 9.87. The third-order valence-electron chi connectivity index (χ3n) is 1.97. The monoisotopic (exact) mass is 127 g/mol. The molecular formula is C7H13NO. The molecule has 52 valence electrons. The van der Waals surface area contributed by atoms with Crippen LogP contribution in [0.2, 0.25) is 0 Å². The van der Waals surface area contributed by atoms with Gasteiger partial charge in [0.15, 0.2) is 0 Å². The van der Waals surface area contributed by atoms with Crippen LogP contribution in [0.3, 0.4) is 0 Å². The van der Waals surface area contributed by atoms with Crippen LogP contribution in [0.1, 0.15) is 26.2 Å². The first kappa shape index (κ1) is 6.75. The molecule has 0 amide bonds. The van der Waals surface area contributed by atoms with Crippen molar-refractivity contribution in [1.29, 1.82) is 5.41 Å². The summed E-state index contributed by atoms with van der Waals surface area (Å²) in [5.41, 5.74) is 0.799. The Bertz CT molecular complexity index is 122. The van der Waals surface area contributed by atoms with Gasteiger partial charge in [-0.2, -0.15) is 0 Å². The Kier molecular flexibility index (Phi) is 1.86. The van der Waals surface area contributed by atoms with Gasteiger partial charge in [0.2, 0.25) is 0 Å². The number of rotatable bonds is 0. The summed E-state index contributed by atoms with van der Waals surface area (Å²) in [5.74, 6) is 0.311. The molecule has 0 spiro atoms. The van der Waals surface area contributed by atoms with Crippen molar-refractivity contribution in [3.05, 3.63) is 0 Å². The van der Waals surface area contributed by atoms with Crippen LogP contribution in [0.15, 0.2) is 0 Å². The SMILES string of the molecule is C[C@H]1CC(=N)CC[C@@H]1O. The molecule has 0 unspecified atom stereocenters. The van der Waals surface area contributed by atoms with Crippen LogP contribution in [0.25, 0.3) is 0 Å². The fraction of sp³-hybridized carbons (Fsp3) is 0.857. The van der Waals surface area contributed by atoms with E-state index < -0.39 is 0 Å². The van der Waals surface area contributed by atoms with E-state index in [1.165, 1.54) is 0 Å². The molecule has 2 nitrogen and oxygen atoms in total. The topological polar surface area (TPSA) is 44.1 Å². The Labute approximate surface area is 55.4 Å². The van der Waals surface area contributed by atoms with Gasteiger partial charge in [-0.15, -0.1) is 0 Å². The molecule has 1 fully saturated rings. The zero-order valence-corrected chi connectivity index (χ0v) is 5.72. The van der Waals surface area contributed by atoms with Crippen LogP contribution in [0.5, 0.6) is 0 Å². The van der Waals surface area contributed by atoms with Gasteiger partial charge in [0.1, 0.15) is 0 Å². The Morgan fingerprint density at radius 1 is 1.67 bits per heavy atom. The van der Waals surface area contributed by atoms with E-state index in [2.05, 4.69) is 0 Å². The Balaban J connectivity index is 2.44. The average molecular weight is 127 g/mol. The summed E-state index contributed by atoms with van der Waals surface area (Å²) >= 11 is 0. The highest BCUT2D eigenvalue weighted by Gasteiger charge is 2.21. The maximum Gasteiger partial charge on any atom is 0.0573 e. The summed E-state index contributed by atoms with van der Waals surface area (Å²) in [6, 6.07) is 0. The first-order chi connectivity index (χ1) is 4.20. The zero-order chi connectivity index (χ0) is 6.85. The van der Waals surface area contributed by atoms with Crippen LogP contribution in [-0.4, -0.2) is 16.9 Å². The molecule has 0 radical (unpaired) electrons. The van der Waals surface area contributed by atoms with E-state index in [-0.39, 0.29) is 6.10 Å². The molecule has 9 heavy (non-hydrogen) atoms. The van der Waals surface area contributed by atoms with Crippen LogP contribution in [0.4, 0.5) is 0 Å². The van der Waals surface area contributed by atoms with Crippen molar-refractivity contribution >= 4 is 5.71 Å². The van der Waals surface area contributed by atoms with E-state index in [1.807, 2.05) is 6.92 Å². The largest absolute Gasteiger partial charge is 0.393 e. The first-order valence-electron chi connectivity index (χ1n) is 3.44. The summed E-state index contributed by atoms with van der Waals surface area (Å²) in [6.07, 6.45) is 2.23. The van der Waals surface area contributed by atoms with Gasteiger partial charge in [0.25, 0.3) is 0 Å². The Morgan fingerprint density at radius 2 is 2.33 bits per heavy atom. The van der Waals surface area contributed by atoms with Gasteiger partial charge < -0.3 is 10.5 Å². The molecule has 1 saturated carbocycles. The van der Waals surface area contributed by atoms with E-state index >= 15 is 0 Å². The summed E-state index contributed by atoms with van der Waals surface area (Å²) in [7, 11) is 0. The molecule has 2 N–H and O–H groups in total. The Hall–Kier alpha value is -0.370. The number of hydrogen-bond donors (Lipinski definition) is 2. The molecule has 1 aliphatic rings. The summed E-state index contributed by atoms with van der Waals surface area (Å²) in [4.78, 5) is 0. The molecule has 0 heterocycles. The van der Waals surface area contributed by atoms with E-state index in [9.17, 15) is 5.11 Å². The van der Waals surface area contributed by atoms with Gasteiger partial charge in [-0.25, -0.2) is 0 Å². The number of aliphatic hydroxyl groups excluding tert-OH is 1. The van der Waals surface area contributed by atoms with Crippen molar-refractivity contribution in [2.75, 3.05) is 0 Å². The van der Waals surface area contributed by atoms with E-state index in [0.29, 0.717) is 5.92 Å². The van der Waals surface area contributed by atoms with Gasteiger partial charge >= 0.3 is 0 Å². The van der Waals surface area contributed by atoms with E-state index in [1.54, 1.807) is 0 Å². The third kappa shape index (κ3) is 1.52. The van der Waals surface area contributed by atoms with E-state index in [4.69, 9.17) is 5.41 Å². The molecule has 0 aromatic heterocycles. The summed E-state index contributed by atoms with van der Waals surface area (Å²) in [5, 5.41) is 16.5. The molecule has 2 heteroatoms. The molecule has 2 atom stereocenters. The average Bonchev–Trinajstić information content (AvgIpc) is 1.80. The number of nitrogens with one attached hydrogen (secondary N) is 1. The lowest BCUT2D eigenvalue weighted by Crippen LogP contribution is -2.26. The second-order valence-electron chi connectivity index (χ2n) is 2.89. The zero-order valence-electron chi connectivity index (χ0n) is 5.72. The lowest BCUT2D eigenvalue weighted by molar-refractivity contribution is 0.104. The van der Waals surface area contributed by atoms with Crippen molar-refractivity contribution in [3.63, 3.8) is 0 Å². The minimum Gasteiger partial charge on any atom is -0.393 e. The van der Waals surface area contributed by atoms with Crippen molar-refractivity contribution < 1.29 is 5.11 Å². The molecular weight excluding hydrogens is 114 g/mol. The summed E-state index contributed by atoms with van der Waals surface area (Å²) in [6.45, 7) is 2.00. The smallest absolute Gasteiger partial charge is 0.0573 e. The highest BCUT2D eigenvalue weighted by atomic mass is 16.3. The minimum absolute atomic E-state index is 0.154. The standard InChI is InChI=1S/C7H13NO/c1-5-4-6(8)2-3-7(5)9/h5,7-9H,2-4H2,1H3/t5-,7-/m0/s1. The fourth-order valence-electron chi connectivity index (χ4n) is 1.23. The quantitative estimate of drug-likeness (QED) is 0.504. The number of hydrogen-bond acceptors (Lipinski definition) is 2. The fourth-order valence-corrected chi connectivity index (χ4v) is 1.23. The van der Waals surface area contributed by atoms with E-state index in [0.717, 1.165) is 25.0 Å². The molecule has 0 bridgehead atoms. The maximum atomic E-state index is 9.20. The van der Waals surface area contributed by atoms with Gasteiger partial charge in [-0.1, -0.05) is 6.92 Å². The van der Waals surface area contributed by atoms with Crippen molar-refractivity contribution in [3.8, 4) is 0 Å². The van der Waals surface area contributed by atoms with Crippen molar-refractivity contribution in [2.24, 2.45) is 5.92 Å². The second kappa shape index (κ2) is 2.48. The second-order valence-corrected chi connectivity index (χ2v) is 2.89. The lowest BCUT2D eigenvalue weighted by Gasteiger charge is -2.24. The third-order valence-corrected chi connectivity index (χ3v) is 1.97. The first-order valence-corrected chi connectivity index (χ1v) is 3.44. The van der Waals surface area contributed by atoms with Gasteiger partial charge in [-0.3, -0.25) is 0 Å². The van der Waals surface area contributed by atoms with Gasteiger partial charge in [0.05, 0.1) is 6.10 Å². The molecule has 0 aromatic carbocycles. The predicted octanol–water partition coefficient (Wildman–Crippen LogP) is 1.19. The summed E-state index contributed by atoms with van der Waals surface area (Å²) < 4.78 is 0. The van der Waals surface area contributed by atoms with Crippen molar-refractivity contribution in [2.45, 2.75) is 32.3 Å². The normalized spacial score (nSPS) is 36.9. The van der Waals surface area contributed by atoms with Crippen LogP contribution in [0, 0.1) is 11.3 Å². The maximum absolute atomic E-state index is 9.20. The van der Waals surface area contributed by atoms with Crippen LogP contribution < -0.4 is 0 Å². The predicted molar refractivity (Wildman–Crippen MR) is 36.7 cm³/mol. The highest BCUT2D eigenvalue weighted by molar-refractivity contribution is 5.82. The molecule has 0 saturated heterocycles. The van der Waals surface area contributed by atoms with Crippen LogP contribution >= 0.6 is 0 Å². The number of aliphatic hydroxyl groups is 1. The van der Waals surface area contributed by atoms with Gasteiger partial charge in [0, 0.05) is 5.71 Å². The Morgan fingerprint density at radius 3 is 2.78 bits per heavy atom. The van der Waals surface area contributed by atoms with Gasteiger partial charge in [-0.05, 0) is 25.2 Å². The molecule has 1 rings (SSSR count). The van der Waals surface area contributed by atoms with Crippen molar-refractivity contribution in [1.82, 2.24) is 0 Å². The highest BCUT2D eigenvalue weighted by Crippen LogP contribution is 2.20. The van der Waals surface area contributed by atoms with Crippen LogP contribution in [-0.2, 0) is 0 Å². The molecule has 0 aliphatic heterocycles. The molecule has 1 aliphatic carbocycles.